The number of carbonyl (C=O) groups is 2. The Bertz CT molecular complexity index is 1160. The molecule has 0 aliphatic carbocycles. The third-order valence-corrected chi connectivity index (χ3v) is 4.92. The molecule has 5 nitrogen and oxygen atoms in total. The molecule has 0 radical (unpaired) electrons. The molecule has 1 amide bonds. The number of esters is 1. The molecule has 0 saturated carbocycles. The van der Waals surface area contributed by atoms with E-state index in [4.69, 9.17) is 4.74 Å². The summed E-state index contributed by atoms with van der Waals surface area (Å²) in [6.45, 7) is 0.225. The first-order valence-corrected chi connectivity index (χ1v) is 9.64. The fourth-order valence-electron chi connectivity index (χ4n) is 3.44. The average molecular weight is 386 g/mol. The summed E-state index contributed by atoms with van der Waals surface area (Å²) in [5.41, 5.74) is 3.10. The number of aromatic nitrogens is 1. The second kappa shape index (κ2) is 8.61. The van der Waals surface area contributed by atoms with Crippen LogP contribution in [0.3, 0.4) is 0 Å². The summed E-state index contributed by atoms with van der Waals surface area (Å²) in [5.74, 6) is -0.705. The third kappa shape index (κ3) is 4.63. The lowest BCUT2D eigenvalue weighted by Crippen LogP contribution is -2.30. The molecule has 0 atom stereocenters. The van der Waals surface area contributed by atoms with Crippen molar-refractivity contribution in [1.82, 2.24) is 10.3 Å². The SMILES string of the molecule is O=C(COC(=O)Cc1ccc2ccccc2c1)NCCc1c[nH]c2ccccc12. The number of amides is 1. The summed E-state index contributed by atoms with van der Waals surface area (Å²) >= 11 is 0. The van der Waals surface area contributed by atoms with Gasteiger partial charge in [-0.25, -0.2) is 0 Å². The fourth-order valence-corrected chi connectivity index (χ4v) is 3.44. The predicted molar refractivity (Wildman–Crippen MR) is 114 cm³/mol. The zero-order valence-electron chi connectivity index (χ0n) is 16.0. The van der Waals surface area contributed by atoms with Gasteiger partial charge >= 0.3 is 5.97 Å². The van der Waals surface area contributed by atoms with Crippen LogP contribution in [0.4, 0.5) is 0 Å². The van der Waals surface area contributed by atoms with Crippen LogP contribution >= 0.6 is 0 Å². The summed E-state index contributed by atoms with van der Waals surface area (Å²) in [7, 11) is 0. The second-order valence-electron chi connectivity index (χ2n) is 6.98. The van der Waals surface area contributed by atoms with Crippen LogP contribution in [0, 0.1) is 0 Å². The van der Waals surface area contributed by atoms with Crippen LogP contribution in [-0.4, -0.2) is 30.0 Å². The van der Waals surface area contributed by atoms with Crippen molar-refractivity contribution in [2.45, 2.75) is 12.8 Å². The minimum atomic E-state index is -0.410. The highest BCUT2D eigenvalue weighted by atomic mass is 16.5. The van der Waals surface area contributed by atoms with E-state index in [-0.39, 0.29) is 18.9 Å². The number of aromatic amines is 1. The maximum Gasteiger partial charge on any atom is 0.310 e. The summed E-state index contributed by atoms with van der Waals surface area (Å²) in [6, 6.07) is 21.9. The van der Waals surface area contributed by atoms with Crippen LogP contribution in [0.5, 0.6) is 0 Å². The minimum absolute atomic E-state index is 0.146. The van der Waals surface area contributed by atoms with E-state index in [9.17, 15) is 9.59 Å². The van der Waals surface area contributed by atoms with Crippen LogP contribution in [0.25, 0.3) is 21.7 Å². The Kier molecular flexibility index (Phi) is 5.56. The van der Waals surface area contributed by atoms with Crippen molar-refractivity contribution in [3.63, 3.8) is 0 Å². The molecule has 3 aromatic carbocycles. The highest BCUT2D eigenvalue weighted by Crippen LogP contribution is 2.18. The van der Waals surface area contributed by atoms with Crippen LogP contribution in [0.15, 0.2) is 72.9 Å². The number of hydrogen-bond acceptors (Lipinski definition) is 3. The van der Waals surface area contributed by atoms with Crippen molar-refractivity contribution in [3.8, 4) is 0 Å². The molecule has 2 N–H and O–H groups in total. The Balaban J connectivity index is 1.22. The van der Waals surface area contributed by atoms with Crippen LogP contribution in [-0.2, 0) is 27.2 Å². The number of carbonyl (C=O) groups excluding carboxylic acids is 2. The smallest absolute Gasteiger partial charge is 0.310 e. The number of nitrogens with one attached hydrogen (secondary N) is 2. The molecule has 0 bridgehead atoms. The van der Waals surface area contributed by atoms with Crippen molar-refractivity contribution in [3.05, 3.63) is 84.1 Å². The van der Waals surface area contributed by atoms with Gasteiger partial charge in [0.15, 0.2) is 6.61 Å². The fraction of sp³-hybridized carbons (Fsp3) is 0.167. The third-order valence-electron chi connectivity index (χ3n) is 4.92. The Morgan fingerprint density at radius 3 is 2.62 bits per heavy atom. The van der Waals surface area contributed by atoms with Gasteiger partial charge in [0, 0.05) is 23.6 Å². The maximum absolute atomic E-state index is 12.1. The summed E-state index contributed by atoms with van der Waals surface area (Å²) in [6.07, 6.45) is 2.81. The molecule has 1 aromatic heterocycles. The van der Waals surface area contributed by atoms with Crippen molar-refractivity contribution in [2.75, 3.05) is 13.2 Å². The van der Waals surface area contributed by atoms with Gasteiger partial charge in [-0.2, -0.15) is 0 Å². The first kappa shape index (κ1) is 18.7. The van der Waals surface area contributed by atoms with E-state index in [1.54, 1.807) is 0 Å². The number of hydrogen-bond donors (Lipinski definition) is 2. The predicted octanol–water partition coefficient (Wildman–Crippen LogP) is 3.77. The monoisotopic (exact) mass is 386 g/mol. The van der Waals surface area contributed by atoms with Gasteiger partial charge < -0.3 is 15.0 Å². The molecular formula is C24H22N2O3. The summed E-state index contributed by atoms with van der Waals surface area (Å²) < 4.78 is 5.12. The second-order valence-corrected chi connectivity index (χ2v) is 6.98. The normalized spacial score (nSPS) is 10.9. The van der Waals surface area contributed by atoms with Crippen LogP contribution in [0.1, 0.15) is 11.1 Å². The van der Waals surface area contributed by atoms with Gasteiger partial charge in [-0.15, -0.1) is 0 Å². The Hall–Kier alpha value is -3.60. The lowest BCUT2D eigenvalue weighted by atomic mass is 10.1. The van der Waals surface area contributed by atoms with Gasteiger partial charge in [-0.3, -0.25) is 9.59 Å². The molecule has 146 valence electrons. The van der Waals surface area contributed by atoms with Crippen molar-refractivity contribution >= 4 is 33.6 Å². The van der Waals surface area contributed by atoms with Gasteiger partial charge in [0.1, 0.15) is 0 Å². The van der Waals surface area contributed by atoms with E-state index < -0.39 is 5.97 Å². The average Bonchev–Trinajstić information content (AvgIpc) is 3.15. The van der Waals surface area contributed by atoms with Crippen molar-refractivity contribution in [1.29, 1.82) is 0 Å². The first-order valence-electron chi connectivity index (χ1n) is 9.64. The number of benzene rings is 3. The number of fused-ring (bicyclic) bond motifs is 2. The highest BCUT2D eigenvalue weighted by molar-refractivity contribution is 5.85. The highest BCUT2D eigenvalue weighted by Gasteiger charge is 2.09. The number of para-hydroxylation sites is 1. The molecular weight excluding hydrogens is 364 g/mol. The maximum atomic E-state index is 12.1. The van der Waals surface area contributed by atoms with E-state index in [1.807, 2.05) is 66.9 Å². The number of ether oxygens (including phenoxy) is 1. The Labute approximate surface area is 168 Å². The Morgan fingerprint density at radius 2 is 1.72 bits per heavy atom. The van der Waals surface area contributed by atoms with Crippen LogP contribution < -0.4 is 5.32 Å². The molecule has 0 aliphatic rings. The molecule has 0 aliphatic heterocycles. The zero-order valence-corrected chi connectivity index (χ0v) is 16.0. The lowest BCUT2D eigenvalue weighted by Gasteiger charge is -2.07. The van der Waals surface area contributed by atoms with E-state index in [0.717, 1.165) is 32.8 Å². The minimum Gasteiger partial charge on any atom is -0.455 e. The Morgan fingerprint density at radius 1 is 0.931 bits per heavy atom. The van der Waals surface area contributed by atoms with E-state index in [0.29, 0.717) is 13.0 Å². The van der Waals surface area contributed by atoms with E-state index in [2.05, 4.69) is 16.4 Å². The molecule has 5 heteroatoms. The standard InChI is InChI=1S/C24H22N2O3/c27-23(25-12-11-20-15-26-22-8-4-3-7-21(20)22)16-29-24(28)14-17-9-10-18-5-1-2-6-19(18)13-17/h1-10,13,15,26H,11-12,14,16H2,(H,25,27). The lowest BCUT2D eigenvalue weighted by molar-refractivity contribution is -0.147. The summed E-state index contributed by atoms with van der Waals surface area (Å²) in [4.78, 5) is 27.2. The van der Waals surface area contributed by atoms with E-state index >= 15 is 0 Å². The molecule has 0 saturated heterocycles. The van der Waals surface area contributed by atoms with Crippen LogP contribution in [0.2, 0.25) is 0 Å². The molecule has 0 unspecified atom stereocenters. The first-order chi connectivity index (χ1) is 14.2. The van der Waals surface area contributed by atoms with E-state index in [1.165, 1.54) is 0 Å². The van der Waals surface area contributed by atoms with Gasteiger partial charge in [0.2, 0.25) is 0 Å². The molecule has 4 aromatic rings. The molecule has 0 spiro atoms. The van der Waals surface area contributed by atoms with Gasteiger partial charge in [0.25, 0.3) is 5.91 Å². The number of H-pyrrole nitrogens is 1. The van der Waals surface area contributed by atoms with Crippen molar-refractivity contribution < 1.29 is 14.3 Å². The molecule has 4 rings (SSSR count). The quantitative estimate of drug-likeness (QED) is 0.475. The molecule has 0 fully saturated rings. The molecule has 29 heavy (non-hydrogen) atoms. The largest absolute Gasteiger partial charge is 0.455 e. The number of rotatable bonds is 7. The van der Waals surface area contributed by atoms with Gasteiger partial charge in [-0.05, 0) is 34.4 Å². The topological polar surface area (TPSA) is 71.2 Å². The molecule has 1 heterocycles. The zero-order chi connectivity index (χ0) is 20.1. The van der Waals surface area contributed by atoms with Gasteiger partial charge in [0.05, 0.1) is 6.42 Å². The van der Waals surface area contributed by atoms with Gasteiger partial charge in [-0.1, -0.05) is 60.7 Å². The van der Waals surface area contributed by atoms with Crippen molar-refractivity contribution in [2.24, 2.45) is 0 Å². The summed E-state index contributed by atoms with van der Waals surface area (Å²) in [5, 5.41) is 6.16.